The van der Waals surface area contributed by atoms with E-state index in [0.29, 0.717) is 0 Å². The smallest absolute Gasteiger partial charge is 0.0149 e. The van der Waals surface area contributed by atoms with Crippen molar-refractivity contribution in [2.24, 2.45) is 0 Å². The molecule has 170 valence electrons. The lowest BCUT2D eigenvalue weighted by atomic mass is 9.86. The number of benzene rings is 2. The van der Waals surface area contributed by atoms with Gasteiger partial charge in [-0.25, -0.2) is 0 Å². The molecular formula is C31H46. The summed E-state index contributed by atoms with van der Waals surface area (Å²) in [6.07, 6.45) is 23.1. The van der Waals surface area contributed by atoms with Crippen LogP contribution in [-0.2, 0) is 12.8 Å². The van der Waals surface area contributed by atoms with Gasteiger partial charge in [0.25, 0.3) is 0 Å². The zero-order valence-corrected chi connectivity index (χ0v) is 20.6. The molecule has 0 aromatic heterocycles. The molecule has 0 aliphatic rings. The summed E-state index contributed by atoms with van der Waals surface area (Å²) < 4.78 is 0. The third-order valence-corrected chi connectivity index (χ3v) is 6.38. The van der Waals surface area contributed by atoms with E-state index < -0.39 is 0 Å². The van der Waals surface area contributed by atoms with Crippen molar-refractivity contribution in [3.05, 3.63) is 65.2 Å². The molecule has 0 N–H and O–H groups in total. The van der Waals surface area contributed by atoms with E-state index in [2.05, 4.69) is 75.4 Å². The van der Waals surface area contributed by atoms with Crippen LogP contribution >= 0.6 is 0 Å². The van der Waals surface area contributed by atoms with Crippen LogP contribution in [0.3, 0.4) is 0 Å². The summed E-state index contributed by atoms with van der Waals surface area (Å²) in [6.45, 7) is 6.90. The summed E-state index contributed by atoms with van der Waals surface area (Å²) in [5.74, 6) is 0. The van der Waals surface area contributed by atoms with E-state index in [1.54, 1.807) is 11.1 Å². The highest BCUT2D eigenvalue weighted by atomic mass is 14.2. The molecule has 2 rings (SSSR count). The molecule has 0 aliphatic heterocycles. The van der Waals surface area contributed by atoms with Gasteiger partial charge in [0.2, 0.25) is 0 Å². The number of allylic oxidation sites excluding steroid dienone is 1. The highest BCUT2D eigenvalue weighted by molar-refractivity contribution is 5.72. The molecule has 0 amide bonds. The normalized spacial score (nSPS) is 11.5. The Morgan fingerprint density at radius 3 is 1.97 bits per heavy atom. The molecule has 0 spiro atoms. The van der Waals surface area contributed by atoms with Crippen LogP contribution in [0, 0.1) is 0 Å². The van der Waals surface area contributed by atoms with Gasteiger partial charge in [-0.1, -0.05) is 127 Å². The molecule has 0 nitrogen and oxygen atoms in total. The molecule has 31 heavy (non-hydrogen) atoms. The maximum Gasteiger partial charge on any atom is -0.0149 e. The van der Waals surface area contributed by atoms with E-state index in [4.69, 9.17) is 0 Å². The van der Waals surface area contributed by atoms with Crippen LogP contribution in [0.5, 0.6) is 0 Å². The minimum Gasteiger partial charge on any atom is -0.0839 e. The molecule has 0 aliphatic carbocycles. The molecule has 2 aromatic carbocycles. The van der Waals surface area contributed by atoms with Crippen LogP contribution < -0.4 is 0 Å². The van der Waals surface area contributed by atoms with Crippen molar-refractivity contribution in [1.82, 2.24) is 0 Å². The van der Waals surface area contributed by atoms with E-state index >= 15 is 0 Å². The first-order chi connectivity index (χ1) is 15.3. The van der Waals surface area contributed by atoms with Crippen LogP contribution in [0.15, 0.2) is 48.5 Å². The van der Waals surface area contributed by atoms with Crippen molar-refractivity contribution in [2.75, 3.05) is 0 Å². The largest absolute Gasteiger partial charge is 0.0839 e. The minimum atomic E-state index is 1.20. The van der Waals surface area contributed by atoms with Gasteiger partial charge in [-0.2, -0.15) is 0 Å². The third kappa shape index (κ3) is 9.06. The van der Waals surface area contributed by atoms with Crippen LogP contribution in [0.1, 0.15) is 115 Å². The maximum atomic E-state index is 2.43. The summed E-state index contributed by atoms with van der Waals surface area (Å²) in [4.78, 5) is 0. The predicted molar refractivity (Wildman–Crippen MR) is 141 cm³/mol. The number of rotatable bonds is 16. The summed E-state index contributed by atoms with van der Waals surface area (Å²) in [6, 6.07) is 15.8. The van der Waals surface area contributed by atoms with E-state index in [9.17, 15) is 0 Å². The lowest BCUT2D eigenvalue weighted by Crippen LogP contribution is -2.02. The lowest BCUT2D eigenvalue weighted by molar-refractivity contribution is 0.611. The Morgan fingerprint density at radius 2 is 1.23 bits per heavy atom. The van der Waals surface area contributed by atoms with Gasteiger partial charge in [0.05, 0.1) is 0 Å². The second kappa shape index (κ2) is 15.9. The maximum absolute atomic E-state index is 2.43. The van der Waals surface area contributed by atoms with Crippen LogP contribution in [0.2, 0.25) is 0 Å². The zero-order chi connectivity index (χ0) is 22.2. The molecular weight excluding hydrogens is 372 g/mol. The first kappa shape index (κ1) is 25.4. The summed E-state index contributed by atoms with van der Waals surface area (Å²) >= 11 is 0. The minimum absolute atomic E-state index is 1.20. The Kier molecular flexibility index (Phi) is 13.1. The fraction of sp³-hybridized carbons (Fsp3) is 0.548. The Hall–Kier alpha value is -1.82. The van der Waals surface area contributed by atoms with Crippen molar-refractivity contribution in [3.8, 4) is 11.1 Å². The van der Waals surface area contributed by atoms with Gasteiger partial charge >= 0.3 is 0 Å². The van der Waals surface area contributed by atoms with Gasteiger partial charge < -0.3 is 0 Å². The highest BCUT2D eigenvalue weighted by Crippen LogP contribution is 2.32. The van der Waals surface area contributed by atoms with Gasteiger partial charge in [-0.3, -0.25) is 0 Å². The predicted octanol–water partition coefficient (Wildman–Crippen LogP) is 10.2. The van der Waals surface area contributed by atoms with Gasteiger partial charge in [-0.15, -0.1) is 0 Å². The molecule has 0 bridgehead atoms. The number of hydrogen-bond acceptors (Lipinski definition) is 0. The standard InChI is InChI=1S/C31H46/c1-4-7-10-11-12-13-14-17-22-28-25-26-30(27-20-18-15-19-21-27)31(24-16-8-5-2)29(28)23-9-6-3/h15,17-22,25-26H,4-14,16,23-24H2,1-3H3. The molecule has 0 fully saturated rings. The molecule has 0 heteroatoms. The fourth-order valence-corrected chi connectivity index (χ4v) is 4.49. The van der Waals surface area contributed by atoms with Crippen molar-refractivity contribution in [2.45, 2.75) is 111 Å². The second-order valence-corrected chi connectivity index (χ2v) is 9.04. The second-order valence-electron chi connectivity index (χ2n) is 9.04. The average molecular weight is 419 g/mol. The average Bonchev–Trinajstić information content (AvgIpc) is 2.80. The molecule has 0 saturated carbocycles. The zero-order valence-electron chi connectivity index (χ0n) is 20.6. The Balaban J connectivity index is 2.21. The van der Waals surface area contributed by atoms with Crippen LogP contribution in [0.25, 0.3) is 17.2 Å². The van der Waals surface area contributed by atoms with Crippen molar-refractivity contribution in [3.63, 3.8) is 0 Å². The monoisotopic (exact) mass is 418 g/mol. The first-order valence-electron chi connectivity index (χ1n) is 13.2. The van der Waals surface area contributed by atoms with Crippen molar-refractivity contribution in [1.29, 1.82) is 0 Å². The summed E-state index contributed by atoms with van der Waals surface area (Å²) in [5.41, 5.74) is 7.50. The molecule has 0 radical (unpaired) electrons. The highest BCUT2D eigenvalue weighted by Gasteiger charge is 2.13. The molecule has 0 saturated heterocycles. The lowest BCUT2D eigenvalue weighted by Gasteiger charge is -2.18. The Bertz CT molecular complexity index is 738. The third-order valence-electron chi connectivity index (χ3n) is 6.38. The summed E-state index contributed by atoms with van der Waals surface area (Å²) in [7, 11) is 0. The van der Waals surface area contributed by atoms with Gasteiger partial charge in [0, 0.05) is 0 Å². The number of hydrogen-bond donors (Lipinski definition) is 0. The molecule has 2 aromatic rings. The van der Waals surface area contributed by atoms with Crippen molar-refractivity contribution < 1.29 is 0 Å². The number of unbranched alkanes of at least 4 members (excludes halogenated alkanes) is 9. The van der Waals surface area contributed by atoms with Gasteiger partial charge in [-0.05, 0) is 66.3 Å². The van der Waals surface area contributed by atoms with E-state index in [1.165, 1.54) is 107 Å². The van der Waals surface area contributed by atoms with E-state index in [0.717, 1.165) is 0 Å². The fourth-order valence-electron chi connectivity index (χ4n) is 4.49. The van der Waals surface area contributed by atoms with Crippen molar-refractivity contribution >= 4 is 6.08 Å². The van der Waals surface area contributed by atoms with E-state index in [-0.39, 0.29) is 0 Å². The van der Waals surface area contributed by atoms with Gasteiger partial charge in [0.1, 0.15) is 0 Å². The molecule has 0 atom stereocenters. The summed E-state index contributed by atoms with van der Waals surface area (Å²) in [5, 5.41) is 0. The molecule has 0 unspecified atom stereocenters. The quantitative estimate of drug-likeness (QED) is 0.238. The first-order valence-corrected chi connectivity index (χ1v) is 13.2. The van der Waals surface area contributed by atoms with Gasteiger partial charge in [0.15, 0.2) is 0 Å². The SMILES string of the molecule is CCCCCCCCC=Cc1ccc(-c2ccccc2)c(CCCCC)c1CCCC. The topological polar surface area (TPSA) is 0 Å². The van der Waals surface area contributed by atoms with Crippen LogP contribution in [0.4, 0.5) is 0 Å². The Morgan fingerprint density at radius 1 is 0.581 bits per heavy atom. The van der Waals surface area contributed by atoms with Crippen LogP contribution in [-0.4, -0.2) is 0 Å². The molecule has 0 heterocycles. The Labute approximate surface area is 193 Å². The van der Waals surface area contributed by atoms with E-state index in [1.807, 2.05) is 0 Å².